The Kier molecular flexibility index (Phi) is 6.87. The molecule has 0 bridgehead atoms. The van der Waals surface area contributed by atoms with Crippen LogP contribution in [0.2, 0.25) is 0 Å². The second-order valence-electron chi connectivity index (χ2n) is 7.41. The number of amides is 2. The van der Waals surface area contributed by atoms with Crippen LogP contribution in [0.25, 0.3) is 0 Å². The van der Waals surface area contributed by atoms with E-state index in [4.69, 9.17) is 0 Å². The first-order valence-corrected chi connectivity index (χ1v) is 9.94. The van der Waals surface area contributed by atoms with Gasteiger partial charge in [0.05, 0.1) is 18.3 Å². The molecular formula is C20H27ClN6O2. The van der Waals surface area contributed by atoms with Crippen molar-refractivity contribution in [3.8, 4) is 0 Å². The Morgan fingerprint density at radius 1 is 1.24 bits per heavy atom. The summed E-state index contributed by atoms with van der Waals surface area (Å²) < 4.78 is 1.85. The van der Waals surface area contributed by atoms with Crippen LogP contribution in [0, 0.1) is 6.92 Å². The van der Waals surface area contributed by atoms with Gasteiger partial charge in [-0.2, -0.15) is 0 Å². The number of piperidine rings is 1. The highest BCUT2D eigenvalue weighted by Gasteiger charge is 2.25. The topological polar surface area (TPSA) is 92.2 Å². The lowest BCUT2D eigenvalue weighted by molar-refractivity contribution is -0.117. The number of rotatable bonds is 4. The van der Waals surface area contributed by atoms with Gasteiger partial charge in [0.25, 0.3) is 5.91 Å². The minimum absolute atomic E-state index is 0. The summed E-state index contributed by atoms with van der Waals surface area (Å²) >= 11 is 0. The first kappa shape index (κ1) is 21.3. The van der Waals surface area contributed by atoms with Crippen LogP contribution >= 0.6 is 12.4 Å². The molecule has 1 aromatic heterocycles. The van der Waals surface area contributed by atoms with Gasteiger partial charge >= 0.3 is 0 Å². The maximum Gasteiger partial charge on any atom is 0.274 e. The number of carbonyl (C=O) groups is 2. The fourth-order valence-corrected chi connectivity index (χ4v) is 4.08. The van der Waals surface area contributed by atoms with Crippen molar-refractivity contribution in [2.45, 2.75) is 38.6 Å². The van der Waals surface area contributed by atoms with Crippen LogP contribution in [0.15, 0.2) is 24.3 Å². The fraction of sp³-hybridized carbons (Fsp3) is 0.500. The number of hydrogen-bond donors (Lipinski definition) is 2. The van der Waals surface area contributed by atoms with Crippen LogP contribution in [0.5, 0.6) is 0 Å². The molecule has 1 aromatic carbocycles. The third kappa shape index (κ3) is 4.43. The van der Waals surface area contributed by atoms with E-state index in [0.29, 0.717) is 12.2 Å². The summed E-state index contributed by atoms with van der Waals surface area (Å²) in [6.45, 7) is 4.37. The number of nitrogens with one attached hydrogen (secondary N) is 2. The smallest absolute Gasteiger partial charge is 0.274 e. The van der Waals surface area contributed by atoms with Crippen molar-refractivity contribution >= 4 is 29.9 Å². The number of hydrogen-bond acceptors (Lipinski definition) is 5. The van der Waals surface area contributed by atoms with Gasteiger partial charge in [-0.1, -0.05) is 23.4 Å². The number of fused-ring (bicyclic) bond motifs is 1. The summed E-state index contributed by atoms with van der Waals surface area (Å²) in [5.74, 6) is -0.458. The van der Waals surface area contributed by atoms with E-state index >= 15 is 0 Å². The molecule has 3 heterocycles. The molecule has 2 N–H and O–H groups in total. The number of carbonyl (C=O) groups excluding carboxylic acids is 2. The van der Waals surface area contributed by atoms with Crippen molar-refractivity contribution in [2.75, 3.05) is 31.1 Å². The highest BCUT2D eigenvalue weighted by atomic mass is 35.5. The van der Waals surface area contributed by atoms with Gasteiger partial charge in [0.15, 0.2) is 5.69 Å². The van der Waals surface area contributed by atoms with Gasteiger partial charge in [-0.05, 0) is 57.3 Å². The van der Waals surface area contributed by atoms with Gasteiger partial charge in [0.1, 0.15) is 0 Å². The second-order valence-corrected chi connectivity index (χ2v) is 7.41. The summed E-state index contributed by atoms with van der Waals surface area (Å²) in [7, 11) is 0. The number of halogens is 1. The summed E-state index contributed by atoms with van der Waals surface area (Å²) in [5.41, 5.74) is 3.17. The molecule has 0 saturated carbocycles. The molecule has 8 nitrogen and oxygen atoms in total. The van der Waals surface area contributed by atoms with Crippen LogP contribution < -0.4 is 15.5 Å². The van der Waals surface area contributed by atoms with Crippen LogP contribution in [0.1, 0.15) is 47.1 Å². The van der Waals surface area contributed by atoms with Crippen molar-refractivity contribution in [1.29, 1.82) is 0 Å². The minimum atomic E-state index is -0.351. The van der Waals surface area contributed by atoms with Crippen LogP contribution in [0.3, 0.4) is 0 Å². The Morgan fingerprint density at radius 3 is 2.79 bits per heavy atom. The molecule has 4 rings (SSSR count). The molecule has 2 aliphatic heterocycles. The lowest BCUT2D eigenvalue weighted by atomic mass is 10.0. The molecule has 2 aromatic rings. The van der Waals surface area contributed by atoms with Gasteiger partial charge in [-0.25, -0.2) is 4.68 Å². The molecular weight excluding hydrogens is 392 g/mol. The average Bonchev–Trinajstić information content (AvgIpc) is 3.13. The average molecular weight is 419 g/mol. The van der Waals surface area contributed by atoms with Crippen molar-refractivity contribution in [3.63, 3.8) is 0 Å². The zero-order chi connectivity index (χ0) is 19.5. The van der Waals surface area contributed by atoms with E-state index in [2.05, 4.69) is 27.0 Å². The molecule has 0 unspecified atom stereocenters. The highest BCUT2D eigenvalue weighted by Crippen LogP contribution is 2.26. The molecule has 156 valence electrons. The lowest BCUT2D eigenvalue weighted by Gasteiger charge is -2.29. The molecule has 0 radical (unpaired) electrons. The zero-order valence-electron chi connectivity index (χ0n) is 16.6. The van der Waals surface area contributed by atoms with Crippen molar-refractivity contribution < 1.29 is 9.59 Å². The molecule has 2 amide bonds. The van der Waals surface area contributed by atoms with Crippen LogP contribution in [-0.4, -0.2) is 53.0 Å². The standard InChI is InChI=1S/C20H26N6O2.ClH/c1-14-19(23-24-26(14)16-8-10-21-11-9-16)20(28)22-13-18(27)25-12-4-6-15-5-2-3-7-17(15)25;/h2-3,5,7,16,21H,4,6,8-13H2,1H3,(H,22,28);1H. The van der Waals surface area contributed by atoms with Crippen LogP contribution in [0.4, 0.5) is 5.69 Å². The fourth-order valence-electron chi connectivity index (χ4n) is 4.08. The van der Waals surface area contributed by atoms with E-state index in [0.717, 1.165) is 50.2 Å². The third-order valence-corrected chi connectivity index (χ3v) is 5.61. The third-order valence-electron chi connectivity index (χ3n) is 5.61. The van der Waals surface area contributed by atoms with E-state index in [-0.39, 0.29) is 36.8 Å². The van der Waals surface area contributed by atoms with Crippen molar-refractivity contribution in [2.24, 2.45) is 0 Å². The van der Waals surface area contributed by atoms with Gasteiger partial charge < -0.3 is 15.5 Å². The van der Waals surface area contributed by atoms with Gasteiger partial charge in [0, 0.05) is 12.2 Å². The molecule has 0 aliphatic carbocycles. The van der Waals surface area contributed by atoms with E-state index in [1.807, 2.05) is 29.8 Å². The van der Waals surface area contributed by atoms with E-state index in [1.165, 1.54) is 5.56 Å². The minimum Gasteiger partial charge on any atom is -0.341 e. The molecule has 29 heavy (non-hydrogen) atoms. The number of aryl methyl sites for hydroxylation is 1. The Balaban J connectivity index is 0.00000240. The quantitative estimate of drug-likeness (QED) is 0.787. The SMILES string of the molecule is Cc1c(C(=O)NCC(=O)N2CCCc3ccccc32)nnn1C1CCNCC1.Cl. The molecule has 1 fully saturated rings. The first-order chi connectivity index (χ1) is 13.6. The van der Waals surface area contributed by atoms with E-state index < -0.39 is 0 Å². The molecule has 9 heteroatoms. The molecule has 1 saturated heterocycles. The zero-order valence-corrected chi connectivity index (χ0v) is 17.4. The summed E-state index contributed by atoms with van der Waals surface area (Å²) in [6.07, 6.45) is 3.85. The Morgan fingerprint density at radius 2 is 2.00 bits per heavy atom. The normalized spacial score (nSPS) is 16.7. The predicted octanol–water partition coefficient (Wildman–Crippen LogP) is 1.64. The predicted molar refractivity (Wildman–Crippen MR) is 113 cm³/mol. The second kappa shape index (κ2) is 9.37. The van der Waals surface area contributed by atoms with E-state index in [1.54, 1.807) is 4.90 Å². The molecule has 0 atom stereocenters. The number of nitrogens with zero attached hydrogens (tertiary/aromatic N) is 4. The monoisotopic (exact) mass is 418 g/mol. The Labute approximate surface area is 176 Å². The van der Waals surface area contributed by atoms with Gasteiger partial charge in [-0.3, -0.25) is 9.59 Å². The maximum atomic E-state index is 12.7. The Bertz CT molecular complexity index is 878. The lowest BCUT2D eigenvalue weighted by Crippen LogP contribution is -2.42. The summed E-state index contributed by atoms with van der Waals surface area (Å²) in [6, 6.07) is 8.20. The maximum absolute atomic E-state index is 12.7. The summed E-state index contributed by atoms with van der Waals surface area (Å²) in [5, 5.41) is 14.3. The number of aromatic nitrogens is 3. The van der Waals surface area contributed by atoms with Gasteiger partial charge in [-0.15, -0.1) is 17.5 Å². The van der Waals surface area contributed by atoms with E-state index in [9.17, 15) is 9.59 Å². The largest absolute Gasteiger partial charge is 0.341 e. The van der Waals surface area contributed by atoms with Crippen molar-refractivity contribution in [3.05, 3.63) is 41.2 Å². The number of benzene rings is 1. The Hall–Kier alpha value is -2.45. The van der Waals surface area contributed by atoms with Gasteiger partial charge in [0.2, 0.25) is 5.91 Å². The molecule has 0 spiro atoms. The first-order valence-electron chi connectivity index (χ1n) is 9.94. The van der Waals surface area contributed by atoms with Crippen molar-refractivity contribution in [1.82, 2.24) is 25.6 Å². The number of para-hydroxylation sites is 1. The van der Waals surface area contributed by atoms with Crippen LogP contribution in [-0.2, 0) is 11.2 Å². The molecule has 2 aliphatic rings. The number of anilines is 1. The highest BCUT2D eigenvalue weighted by molar-refractivity contribution is 6.00. The summed E-state index contributed by atoms with van der Waals surface area (Å²) in [4.78, 5) is 27.0.